The van der Waals surface area contributed by atoms with Crippen LogP contribution in [0.2, 0.25) is 0 Å². The van der Waals surface area contributed by atoms with Gasteiger partial charge in [-0.3, -0.25) is 4.79 Å². The standard InChI is InChI=1S/C33H48BrNO4S/c1-6-22(3)10-8-11-23(4)12-9-13-24(5)21-40-32-27(18-19-28(31(32)37)33(35)38)25-14-16-26(17-15-25)29(20-36)39-30(34)7-2/h14-20,22-24,29-30,37H,6-13,21H2,1-5H3,(H2,35,38). The molecule has 5 atom stereocenters. The van der Waals surface area contributed by atoms with Gasteiger partial charge in [0, 0.05) is 5.75 Å². The van der Waals surface area contributed by atoms with E-state index in [0.29, 0.717) is 10.8 Å². The van der Waals surface area contributed by atoms with Gasteiger partial charge in [-0.1, -0.05) is 119 Å². The van der Waals surface area contributed by atoms with E-state index in [1.807, 2.05) is 37.3 Å². The van der Waals surface area contributed by atoms with E-state index in [9.17, 15) is 14.7 Å². The third-order valence-electron chi connectivity index (χ3n) is 7.68. The minimum absolute atomic E-state index is 0.0691. The highest BCUT2D eigenvalue weighted by Crippen LogP contribution is 2.41. The Labute approximate surface area is 254 Å². The number of amides is 1. The van der Waals surface area contributed by atoms with Crippen molar-refractivity contribution in [3.05, 3.63) is 47.5 Å². The van der Waals surface area contributed by atoms with E-state index >= 15 is 0 Å². The molecule has 0 fully saturated rings. The van der Waals surface area contributed by atoms with Gasteiger partial charge in [-0.2, -0.15) is 0 Å². The summed E-state index contributed by atoms with van der Waals surface area (Å²) in [7, 11) is 0. The zero-order valence-corrected chi connectivity index (χ0v) is 27.2. The molecular weight excluding hydrogens is 586 g/mol. The number of rotatable bonds is 19. The average Bonchev–Trinajstić information content (AvgIpc) is 2.94. The zero-order valence-electron chi connectivity index (χ0n) is 24.8. The number of aldehydes is 1. The molecule has 222 valence electrons. The van der Waals surface area contributed by atoms with Crippen LogP contribution in [0.3, 0.4) is 0 Å². The highest BCUT2D eigenvalue weighted by Gasteiger charge is 2.20. The van der Waals surface area contributed by atoms with E-state index in [1.165, 1.54) is 38.5 Å². The average molecular weight is 635 g/mol. The maximum atomic E-state index is 12.0. The van der Waals surface area contributed by atoms with Gasteiger partial charge in [0.05, 0.1) is 10.5 Å². The Bertz CT molecular complexity index is 1060. The zero-order chi connectivity index (χ0) is 29.7. The smallest absolute Gasteiger partial charge is 0.252 e. The molecule has 40 heavy (non-hydrogen) atoms. The summed E-state index contributed by atoms with van der Waals surface area (Å²) >= 11 is 4.99. The fourth-order valence-corrected chi connectivity index (χ4v) is 6.17. The molecule has 2 rings (SSSR count). The molecule has 5 nitrogen and oxygen atoms in total. The normalized spacial score (nSPS) is 15.2. The lowest BCUT2D eigenvalue weighted by Crippen LogP contribution is -2.12. The van der Waals surface area contributed by atoms with Crippen LogP contribution in [0, 0.1) is 17.8 Å². The van der Waals surface area contributed by atoms with E-state index in [1.54, 1.807) is 17.8 Å². The molecule has 0 aromatic heterocycles. The summed E-state index contributed by atoms with van der Waals surface area (Å²) in [4.78, 5) is 24.2. The van der Waals surface area contributed by atoms with Gasteiger partial charge in [0.25, 0.3) is 5.91 Å². The Morgan fingerprint density at radius 2 is 1.55 bits per heavy atom. The molecule has 3 N–H and O–H groups in total. The molecule has 0 aliphatic rings. The second-order valence-electron chi connectivity index (χ2n) is 11.2. The summed E-state index contributed by atoms with van der Waals surface area (Å²) in [6, 6.07) is 11.0. The van der Waals surface area contributed by atoms with Crippen LogP contribution in [-0.4, -0.2) is 28.1 Å². The first-order chi connectivity index (χ1) is 19.1. The summed E-state index contributed by atoms with van der Waals surface area (Å²) in [6.07, 6.45) is 9.65. The number of hydrogen-bond donors (Lipinski definition) is 2. The van der Waals surface area contributed by atoms with Crippen molar-refractivity contribution in [3.8, 4) is 16.9 Å². The maximum absolute atomic E-state index is 12.0. The van der Waals surface area contributed by atoms with Crippen molar-refractivity contribution >= 4 is 39.9 Å². The van der Waals surface area contributed by atoms with Crippen LogP contribution >= 0.6 is 27.7 Å². The number of aromatic hydroxyl groups is 1. The lowest BCUT2D eigenvalue weighted by molar-refractivity contribution is -0.119. The molecule has 0 heterocycles. The molecule has 0 spiro atoms. The van der Waals surface area contributed by atoms with Gasteiger partial charge in [0.15, 0.2) is 6.29 Å². The predicted molar refractivity (Wildman–Crippen MR) is 171 cm³/mol. The SMILES string of the molecule is CCC(C)CCCC(C)CCCC(C)CSc1c(-c2ccc(C(C=O)OC(Br)CC)cc2)ccc(C(N)=O)c1O. The Balaban J connectivity index is 2.08. The van der Waals surface area contributed by atoms with Crippen LogP contribution < -0.4 is 5.73 Å². The minimum atomic E-state index is -0.665. The predicted octanol–water partition coefficient (Wildman–Crippen LogP) is 9.30. The van der Waals surface area contributed by atoms with Gasteiger partial charge in [0.1, 0.15) is 16.9 Å². The van der Waals surface area contributed by atoms with Gasteiger partial charge in [-0.25, -0.2) is 0 Å². The number of alkyl halides is 1. The molecule has 0 saturated carbocycles. The van der Waals surface area contributed by atoms with Crippen LogP contribution in [0.4, 0.5) is 0 Å². The fourth-order valence-electron chi connectivity index (χ4n) is 4.73. The molecule has 0 aliphatic heterocycles. The van der Waals surface area contributed by atoms with Crippen molar-refractivity contribution in [2.75, 3.05) is 5.75 Å². The Morgan fingerprint density at radius 3 is 2.10 bits per heavy atom. The molecule has 5 unspecified atom stereocenters. The number of ether oxygens (including phenoxy) is 1. The molecule has 0 radical (unpaired) electrons. The molecule has 1 amide bonds. The van der Waals surface area contributed by atoms with Crippen LogP contribution in [0.15, 0.2) is 41.3 Å². The molecule has 0 bridgehead atoms. The first-order valence-corrected chi connectivity index (χ1v) is 16.6. The highest BCUT2D eigenvalue weighted by atomic mass is 79.9. The molecule has 0 saturated heterocycles. The van der Waals surface area contributed by atoms with Gasteiger partial charge >= 0.3 is 0 Å². The number of halogens is 1. The van der Waals surface area contributed by atoms with E-state index in [-0.39, 0.29) is 16.3 Å². The van der Waals surface area contributed by atoms with Crippen molar-refractivity contribution in [2.45, 2.75) is 102 Å². The maximum Gasteiger partial charge on any atom is 0.252 e. The molecule has 2 aromatic carbocycles. The van der Waals surface area contributed by atoms with Crippen molar-refractivity contribution in [3.63, 3.8) is 0 Å². The van der Waals surface area contributed by atoms with Crippen LogP contribution in [0.25, 0.3) is 11.1 Å². The number of thioether (sulfide) groups is 1. The molecule has 7 heteroatoms. The topological polar surface area (TPSA) is 89.6 Å². The number of nitrogens with two attached hydrogens (primary N) is 1. The second-order valence-corrected chi connectivity index (χ2v) is 13.3. The lowest BCUT2D eigenvalue weighted by Gasteiger charge is -2.18. The quantitative estimate of drug-likeness (QED) is 0.0913. The summed E-state index contributed by atoms with van der Waals surface area (Å²) in [5.74, 6) is 2.15. The first kappa shape index (κ1) is 34.4. The minimum Gasteiger partial charge on any atom is -0.506 e. The van der Waals surface area contributed by atoms with E-state index < -0.39 is 12.0 Å². The third kappa shape index (κ3) is 10.9. The van der Waals surface area contributed by atoms with Crippen LogP contribution in [0.1, 0.15) is 108 Å². The monoisotopic (exact) mass is 633 g/mol. The fraction of sp³-hybridized carbons (Fsp3) is 0.576. The number of hydrogen-bond acceptors (Lipinski definition) is 5. The van der Waals surface area contributed by atoms with Gasteiger partial charge in [0.2, 0.25) is 0 Å². The number of carbonyl (C=O) groups excluding carboxylic acids is 2. The van der Waals surface area contributed by atoms with Gasteiger partial charge < -0.3 is 20.4 Å². The van der Waals surface area contributed by atoms with Crippen molar-refractivity contribution in [1.82, 2.24) is 0 Å². The Kier molecular flexibility index (Phi) is 15.4. The molecular formula is C33H48BrNO4S. The number of phenols is 1. The summed E-state index contributed by atoms with van der Waals surface area (Å²) < 4.78 is 5.76. The summed E-state index contributed by atoms with van der Waals surface area (Å²) in [5, 5.41) is 10.8. The third-order valence-corrected chi connectivity index (χ3v) is 9.98. The van der Waals surface area contributed by atoms with Crippen molar-refractivity contribution < 1.29 is 19.4 Å². The highest BCUT2D eigenvalue weighted by molar-refractivity contribution is 9.09. The first-order valence-electron chi connectivity index (χ1n) is 14.7. The molecule has 0 aliphatic carbocycles. The summed E-state index contributed by atoms with van der Waals surface area (Å²) in [5.41, 5.74) is 8.13. The number of carbonyl (C=O) groups is 2. The lowest BCUT2D eigenvalue weighted by atomic mass is 9.93. The number of benzene rings is 2. The van der Waals surface area contributed by atoms with Gasteiger partial charge in [-0.15, -0.1) is 11.8 Å². The summed E-state index contributed by atoms with van der Waals surface area (Å²) in [6.45, 7) is 11.2. The van der Waals surface area contributed by atoms with E-state index in [4.69, 9.17) is 10.5 Å². The van der Waals surface area contributed by atoms with E-state index in [0.717, 1.165) is 53.4 Å². The Hall–Kier alpha value is -1.83. The van der Waals surface area contributed by atoms with Crippen LogP contribution in [-0.2, 0) is 9.53 Å². The molecule has 2 aromatic rings. The largest absolute Gasteiger partial charge is 0.506 e. The number of primary amides is 1. The van der Waals surface area contributed by atoms with Crippen LogP contribution in [0.5, 0.6) is 5.75 Å². The van der Waals surface area contributed by atoms with Gasteiger partial charge in [-0.05, 0) is 53.4 Å². The second kappa shape index (κ2) is 17.9. The van der Waals surface area contributed by atoms with E-state index in [2.05, 4.69) is 43.6 Å². The van der Waals surface area contributed by atoms with Crippen molar-refractivity contribution in [1.29, 1.82) is 0 Å². The van der Waals surface area contributed by atoms with Crippen molar-refractivity contribution in [2.24, 2.45) is 23.5 Å². The Morgan fingerprint density at radius 1 is 0.950 bits per heavy atom.